The Kier molecular flexibility index (Phi) is 7.00. The highest BCUT2D eigenvalue weighted by Gasteiger charge is 2.13. The minimum absolute atomic E-state index is 0.0321. The molecule has 0 saturated carbocycles. The fourth-order valence-corrected chi connectivity index (χ4v) is 2.14. The van der Waals surface area contributed by atoms with Crippen LogP contribution in [0.15, 0.2) is 34.9 Å². The number of carbonyl (C=O) groups excluding carboxylic acids is 2. The van der Waals surface area contributed by atoms with Gasteiger partial charge in [0.15, 0.2) is 0 Å². The lowest BCUT2D eigenvalue weighted by Gasteiger charge is -2.08. The third-order valence-corrected chi connectivity index (χ3v) is 3.52. The topological polar surface area (TPSA) is 93.5 Å². The molecule has 0 aliphatic rings. The quantitative estimate of drug-likeness (QED) is 0.566. The second-order valence-electron chi connectivity index (χ2n) is 5.67. The van der Waals surface area contributed by atoms with Crippen molar-refractivity contribution in [3.8, 4) is 5.75 Å². The summed E-state index contributed by atoms with van der Waals surface area (Å²) in [5.74, 6) is -0.251. The number of hydrogen-bond donors (Lipinski definition) is 2. The molecule has 0 unspecified atom stereocenters. The molecule has 25 heavy (non-hydrogen) atoms. The van der Waals surface area contributed by atoms with E-state index in [1.807, 2.05) is 0 Å². The maximum absolute atomic E-state index is 12.0. The van der Waals surface area contributed by atoms with Gasteiger partial charge >= 0.3 is 5.91 Å². The van der Waals surface area contributed by atoms with Crippen LogP contribution >= 0.6 is 0 Å². The van der Waals surface area contributed by atoms with E-state index >= 15 is 0 Å². The summed E-state index contributed by atoms with van der Waals surface area (Å²) < 4.78 is 10.4. The summed E-state index contributed by atoms with van der Waals surface area (Å²) in [5, 5.41) is 3.61. The standard InChI is InChI=1S/C18H23N3O4/c1-3-4-5-6-11-24-15-9-7-14(8-10-15)17(22)19-20-18(23)16-12-13(2)21-25-16/h7-10,12H,3-6,11H2,1-2H3,(H,19,22)(H,20,23). The first-order valence-corrected chi connectivity index (χ1v) is 8.37. The van der Waals surface area contributed by atoms with E-state index in [2.05, 4.69) is 22.9 Å². The van der Waals surface area contributed by atoms with E-state index in [4.69, 9.17) is 9.26 Å². The first-order valence-electron chi connectivity index (χ1n) is 8.37. The molecule has 1 aromatic carbocycles. The first kappa shape index (κ1) is 18.5. The smallest absolute Gasteiger partial charge is 0.308 e. The summed E-state index contributed by atoms with van der Waals surface area (Å²) in [6.45, 7) is 4.53. The molecule has 1 heterocycles. The SMILES string of the molecule is CCCCCCOc1ccc(C(=O)NNC(=O)c2cc(C)no2)cc1. The third-order valence-electron chi connectivity index (χ3n) is 3.52. The number of unbranched alkanes of at least 4 members (excludes halogenated alkanes) is 3. The number of amides is 2. The van der Waals surface area contributed by atoms with E-state index in [0.717, 1.165) is 12.8 Å². The monoisotopic (exact) mass is 345 g/mol. The summed E-state index contributed by atoms with van der Waals surface area (Å²) in [7, 11) is 0. The molecule has 0 bridgehead atoms. The van der Waals surface area contributed by atoms with E-state index in [1.54, 1.807) is 31.2 Å². The van der Waals surface area contributed by atoms with Gasteiger partial charge in [0.25, 0.3) is 5.91 Å². The number of carbonyl (C=O) groups is 2. The Labute approximate surface area is 146 Å². The van der Waals surface area contributed by atoms with Crippen LogP contribution < -0.4 is 15.6 Å². The van der Waals surface area contributed by atoms with Crippen molar-refractivity contribution in [1.82, 2.24) is 16.0 Å². The average molecular weight is 345 g/mol. The van der Waals surface area contributed by atoms with Gasteiger partial charge in [-0.2, -0.15) is 0 Å². The van der Waals surface area contributed by atoms with Crippen LogP contribution in [0.5, 0.6) is 5.75 Å². The molecular formula is C18H23N3O4. The van der Waals surface area contributed by atoms with Crippen LogP contribution in [0.4, 0.5) is 0 Å². The molecule has 7 heteroatoms. The van der Waals surface area contributed by atoms with Gasteiger partial charge in [-0.15, -0.1) is 0 Å². The minimum atomic E-state index is -0.569. The summed E-state index contributed by atoms with van der Waals surface area (Å²) >= 11 is 0. The van der Waals surface area contributed by atoms with E-state index in [-0.39, 0.29) is 5.76 Å². The van der Waals surface area contributed by atoms with Crippen molar-refractivity contribution in [3.05, 3.63) is 47.3 Å². The Morgan fingerprint density at radius 2 is 1.80 bits per heavy atom. The lowest BCUT2D eigenvalue weighted by molar-refractivity contribution is 0.0825. The summed E-state index contributed by atoms with van der Waals surface area (Å²) in [5.41, 5.74) is 5.60. The number of aryl methyl sites for hydroxylation is 1. The van der Waals surface area contributed by atoms with Crippen LogP contribution in [0.25, 0.3) is 0 Å². The number of hydrogen-bond acceptors (Lipinski definition) is 5. The average Bonchev–Trinajstić information content (AvgIpc) is 3.06. The van der Waals surface area contributed by atoms with Gasteiger partial charge < -0.3 is 9.26 Å². The molecule has 7 nitrogen and oxygen atoms in total. The zero-order valence-corrected chi connectivity index (χ0v) is 14.5. The zero-order chi connectivity index (χ0) is 18.1. The predicted molar refractivity (Wildman–Crippen MR) is 92.3 cm³/mol. The second-order valence-corrected chi connectivity index (χ2v) is 5.67. The number of benzene rings is 1. The lowest BCUT2D eigenvalue weighted by atomic mass is 10.2. The fraction of sp³-hybridized carbons (Fsp3) is 0.389. The largest absolute Gasteiger partial charge is 0.494 e. The van der Waals surface area contributed by atoms with Crippen molar-refractivity contribution in [2.24, 2.45) is 0 Å². The maximum Gasteiger partial charge on any atom is 0.308 e. The molecule has 0 radical (unpaired) electrons. The summed E-state index contributed by atoms with van der Waals surface area (Å²) in [6, 6.07) is 8.23. The van der Waals surface area contributed by atoms with Gasteiger partial charge in [0.1, 0.15) is 5.75 Å². The lowest BCUT2D eigenvalue weighted by Crippen LogP contribution is -2.41. The van der Waals surface area contributed by atoms with Gasteiger partial charge in [0, 0.05) is 11.6 Å². The highest BCUT2D eigenvalue weighted by molar-refractivity contribution is 5.97. The zero-order valence-electron chi connectivity index (χ0n) is 14.5. The molecule has 0 atom stereocenters. The molecule has 0 aliphatic heterocycles. The van der Waals surface area contributed by atoms with Gasteiger partial charge in [-0.05, 0) is 37.6 Å². The Balaban J connectivity index is 1.77. The van der Waals surface area contributed by atoms with E-state index < -0.39 is 11.8 Å². The number of rotatable bonds is 8. The number of nitrogens with one attached hydrogen (secondary N) is 2. The van der Waals surface area contributed by atoms with Gasteiger partial charge in [-0.3, -0.25) is 20.4 Å². The molecule has 134 valence electrons. The molecule has 0 spiro atoms. The molecule has 0 fully saturated rings. The minimum Gasteiger partial charge on any atom is -0.494 e. The second kappa shape index (κ2) is 9.46. The van der Waals surface area contributed by atoms with Crippen molar-refractivity contribution in [2.45, 2.75) is 39.5 Å². The Bertz CT molecular complexity index is 695. The first-order chi connectivity index (χ1) is 12.1. The van der Waals surface area contributed by atoms with Crippen molar-refractivity contribution in [2.75, 3.05) is 6.61 Å². The van der Waals surface area contributed by atoms with Gasteiger partial charge in [-0.25, -0.2) is 0 Å². The van der Waals surface area contributed by atoms with Crippen LogP contribution in [-0.2, 0) is 0 Å². The van der Waals surface area contributed by atoms with Crippen molar-refractivity contribution < 1.29 is 18.8 Å². The Morgan fingerprint density at radius 3 is 2.44 bits per heavy atom. The van der Waals surface area contributed by atoms with E-state index in [0.29, 0.717) is 23.6 Å². The molecule has 2 aromatic rings. The predicted octanol–water partition coefficient (Wildman–Crippen LogP) is 3.02. The van der Waals surface area contributed by atoms with Gasteiger partial charge in [-0.1, -0.05) is 31.3 Å². The summed E-state index contributed by atoms with van der Waals surface area (Å²) in [4.78, 5) is 23.8. The molecule has 0 saturated heterocycles. The van der Waals surface area contributed by atoms with Crippen molar-refractivity contribution in [1.29, 1.82) is 0 Å². The summed E-state index contributed by atoms with van der Waals surface area (Å²) in [6.07, 6.45) is 4.57. The molecule has 2 N–H and O–H groups in total. The van der Waals surface area contributed by atoms with Crippen LogP contribution in [-0.4, -0.2) is 23.6 Å². The fourth-order valence-electron chi connectivity index (χ4n) is 2.14. The maximum atomic E-state index is 12.0. The number of hydrazine groups is 1. The van der Waals surface area contributed by atoms with Gasteiger partial charge in [0.2, 0.25) is 5.76 Å². The Hall–Kier alpha value is -2.83. The number of ether oxygens (including phenoxy) is 1. The normalized spacial score (nSPS) is 10.3. The van der Waals surface area contributed by atoms with Crippen molar-refractivity contribution >= 4 is 11.8 Å². The molecule has 1 aromatic heterocycles. The van der Waals surface area contributed by atoms with Crippen LogP contribution in [0, 0.1) is 6.92 Å². The van der Waals surface area contributed by atoms with E-state index in [9.17, 15) is 9.59 Å². The third kappa shape index (κ3) is 5.95. The molecule has 0 aliphatic carbocycles. The molecular weight excluding hydrogens is 322 g/mol. The highest BCUT2D eigenvalue weighted by Crippen LogP contribution is 2.13. The van der Waals surface area contributed by atoms with Crippen molar-refractivity contribution in [3.63, 3.8) is 0 Å². The Morgan fingerprint density at radius 1 is 1.08 bits per heavy atom. The van der Waals surface area contributed by atoms with Crippen LogP contribution in [0.3, 0.4) is 0 Å². The molecule has 2 rings (SSSR count). The van der Waals surface area contributed by atoms with Crippen LogP contribution in [0.2, 0.25) is 0 Å². The van der Waals surface area contributed by atoms with Gasteiger partial charge in [0.05, 0.1) is 12.3 Å². The number of nitrogens with zero attached hydrogens (tertiary/aromatic N) is 1. The van der Waals surface area contributed by atoms with E-state index in [1.165, 1.54) is 18.9 Å². The number of aromatic nitrogens is 1. The van der Waals surface area contributed by atoms with Crippen LogP contribution in [0.1, 0.15) is 59.2 Å². The molecule has 2 amide bonds. The highest BCUT2D eigenvalue weighted by atomic mass is 16.5.